The summed E-state index contributed by atoms with van der Waals surface area (Å²) < 4.78 is 11.3. The average Bonchev–Trinajstić information content (AvgIpc) is 3.21. The summed E-state index contributed by atoms with van der Waals surface area (Å²) in [5.74, 6) is 1.41. The number of likely N-dealkylation sites (N-methyl/N-ethyl adjacent to an activating group) is 1. The van der Waals surface area contributed by atoms with Crippen molar-refractivity contribution in [1.82, 2.24) is 15.3 Å². The molecule has 162 valence electrons. The Balaban J connectivity index is 1.32. The van der Waals surface area contributed by atoms with E-state index in [9.17, 15) is 9.59 Å². The molecule has 1 aromatic rings. The van der Waals surface area contributed by atoms with Crippen molar-refractivity contribution in [1.29, 1.82) is 0 Å². The summed E-state index contributed by atoms with van der Waals surface area (Å²) in [5.41, 5.74) is 1.71. The third-order valence-corrected chi connectivity index (χ3v) is 6.01. The average molecular weight is 423 g/mol. The van der Waals surface area contributed by atoms with E-state index in [1.807, 2.05) is 47.5 Å². The number of anilines is 1. The minimum Gasteiger partial charge on any atom is -0.489 e. The van der Waals surface area contributed by atoms with E-state index in [-0.39, 0.29) is 25.2 Å². The summed E-state index contributed by atoms with van der Waals surface area (Å²) in [6, 6.07) is 6.16. The van der Waals surface area contributed by atoms with Crippen LogP contribution in [0.3, 0.4) is 0 Å². The number of amides is 3. The summed E-state index contributed by atoms with van der Waals surface area (Å²) in [5, 5.41) is 6.27. The van der Waals surface area contributed by atoms with E-state index in [1.165, 1.54) is 4.90 Å². The first-order valence-electron chi connectivity index (χ1n) is 10.5. The van der Waals surface area contributed by atoms with Gasteiger partial charge in [0.25, 0.3) is 5.91 Å². The van der Waals surface area contributed by atoms with Crippen LogP contribution in [0.1, 0.15) is 12.8 Å². The maximum atomic E-state index is 13.2. The highest BCUT2D eigenvalue weighted by atomic mass is 16.5. The molecule has 1 fully saturated rings. The number of benzene rings is 1. The van der Waals surface area contributed by atoms with Gasteiger partial charge < -0.3 is 19.7 Å². The number of fused-ring (bicyclic) bond motifs is 2. The number of carbonyl (C=O) groups is 2. The van der Waals surface area contributed by atoms with E-state index in [1.54, 1.807) is 12.1 Å². The molecule has 1 aromatic carbocycles. The first kappa shape index (κ1) is 19.6. The second-order valence-electron chi connectivity index (χ2n) is 7.88. The van der Waals surface area contributed by atoms with Crippen molar-refractivity contribution in [3.8, 4) is 5.75 Å². The van der Waals surface area contributed by atoms with Crippen LogP contribution in [-0.4, -0.2) is 67.4 Å². The second-order valence-corrected chi connectivity index (χ2v) is 7.88. The third kappa shape index (κ3) is 3.54. The van der Waals surface area contributed by atoms with Crippen LogP contribution in [0.4, 0.5) is 10.5 Å². The number of aliphatic imine (C=N–C) groups is 1. The highest BCUT2D eigenvalue weighted by Crippen LogP contribution is 2.32. The van der Waals surface area contributed by atoms with Crippen molar-refractivity contribution in [3.63, 3.8) is 0 Å². The maximum absolute atomic E-state index is 13.2. The first-order valence-corrected chi connectivity index (χ1v) is 10.5. The number of para-hydroxylation sites is 2. The summed E-state index contributed by atoms with van der Waals surface area (Å²) in [6.45, 7) is 1.68. The molecule has 0 spiro atoms. The molecular formula is C22H25N5O4. The van der Waals surface area contributed by atoms with Crippen LogP contribution in [0.15, 0.2) is 53.2 Å². The quantitative estimate of drug-likeness (QED) is 0.785. The molecule has 0 unspecified atom stereocenters. The highest BCUT2D eigenvalue weighted by molar-refractivity contribution is 6.01. The van der Waals surface area contributed by atoms with Gasteiger partial charge in [0.1, 0.15) is 30.9 Å². The van der Waals surface area contributed by atoms with Crippen molar-refractivity contribution in [3.05, 3.63) is 48.2 Å². The third-order valence-electron chi connectivity index (χ3n) is 6.01. The number of rotatable bonds is 2. The largest absolute Gasteiger partial charge is 0.489 e. The summed E-state index contributed by atoms with van der Waals surface area (Å²) in [4.78, 5) is 32.2. The molecule has 4 aliphatic heterocycles. The lowest BCUT2D eigenvalue weighted by Crippen LogP contribution is -2.56. The molecule has 0 aromatic heterocycles. The van der Waals surface area contributed by atoms with Gasteiger partial charge in [-0.1, -0.05) is 18.2 Å². The van der Waals surface area contributed by atoms with Gasteiger partial charge in [-0.05, 0) is 37.1 Å². The highest BCUT2D eigenvalue weighted by Gasteiger charge is 2.38. The SMILES string of the molecule is CN1C(=O)[C@@H](NC(=O)N2CN=C3C=CC=C(C4CCOCC4)N32)COc2ccccc21. The molecule has 1 saturated heterocycles. The molecule has 4 heterocycles. The van der Waals surface area contributed by atoms with Gasteiger partial charge in [-0.25, -0.2) is 19.8 Å². The lowest BCUT2D eigenvalue weighted by atomic mass is 9.94. The van der Waals surface area contributed by atoms with Gasteiger partial charge in [-0.3, -0.25) is 4.79 Å². The Kier molecular flexibility index (Phi) is 5.11. The minimum atomic E-state index is -0.801. The van der Waals surface area contributed by atoms with Crippen LogP contribution < -0.4 is 15.0 Å². The van der Waals surface area contributed by atoms with Crippen LogP contribution >= 0.6 is 0 Å². The molecule has 0 aliphatic carbocycles. The Bertz CT molecular complexity index is 982. The molecule has 1 atom stereocenters. The number of amidine groups is 1. The Labute approximate surface area is 180 Å². The van der Waals surface area contributed by atoms with Crippen LogP contribution in [-0.2, 0) is 9.53 Å². The topological polar surface area (TPSA) is 86.7 Å². The lowest BCUT2D eigenvalue weighted by Gasteiger charge is -2.37. The number of urea groups is 1. The summed E-state index contributed by atoms with van der Waals surface area (Å²) in [6.07, 6.45) is 7.69. The number of hydrazine groups is 1. The summed E-state index contributed by atoms with van der Waals surface area (Å²) >= 11 is 0. The first-order chi connectivity index (χ1) is 15.1. The zero-order valence-electron chi connectivity index (χ0n) is 17.4. The van der Waals surface area contributed by atoms with Crippen molar-refractivity contribution in [2.45, 2.75) is 18.9 Å². The Morgan fingerprint density at radius 1 is 1.23 bits per heavy atom. The standard InChI is InChI=1S/C22H25N5O4/c1-25-18-5-2-3-7-19(18)31-13-16(21(25)28)24-22(29)26-14-23-20-8-4-6-17(27(20)26)15-9-11-30-12-10-15/h2-8,15-16H,9-14H2,1H3,(H,24,29)/t16-/m0/s1. The molecule has 0 bridgehead atoms. The molecule has 4 aliphatic rings. The monoisotopic (exact) mass is 423 g/mol. The number of allylic oxidation sites excluding steroid dienone is 3. The number of nitrogens with one attached hydrogen (secondary N) is 1. The summed E-state index contributed by atoms with van der Waals surface area (Å²) in [7, 11) is 1.69. The van der Waals surface area contributed by atoms with Gasteiger partial charge >= 0.3 is 6.03 Å². The van der Waals surface area contributed by atoms with E-state index in [0.717, 1.165) is 24.4 Å². The van der Waals surface area contributed by atoms with Crippen molar-refractivity contribution in [2.24, 2.45) is 10.9 Å². The van der Waals surface area contributed by atoms with Crippen molar-refractivity contribution < 1.29 is 19.1 Å². The van der Waals surface area contributed by atoms with Gasteiger partial charge in [0.05, 0.1) is 5.69 Å². The Hall–Kier alpha value is -3.33. The number of hydrogen-bond donors (Lipinski definition) is 1. The van der Waals surface area contributed by atoms with E-state index < -0.39 is 6.04 Å². The van der Waals surface area contributed by atoms with Crippen LogP contribution in [0.2, 0.25) is 0 Å². The van der Waals surface area contributed by atoms with E-state index in [4.69, 9.17) is 9.47 Å². The molecule has 31 heavy (non-hydrogen) atoms. The molecular weight excluding hydrogens is 398 g/mol. The predicted molar refractivity (Wildman–Crippen MR) is 114 cm³/mol. The van der Waals surface area contributed by atoms with Crippen molar-refractivity contribution in [2.75, 3.05) is 38.4 Å². The van der Waals surface area contributed by atoms with E-state index >= 15 is 0 Å². The minimum absolute atomic E-state index is 0.0655. The fourth-order valence-electron chi connectivity index (χ4n) is 4.33. The van der Waals surface area contributed by atoms with Gasteiger partial charge in [-0.15, -0.1) is 0 Å². The molecule has 0 radical (unpaired) electrons. The van der Waals surface area contributed by atoms with Gasteiger partial charge in [-0.2, -0.15) is 0 Å². The lowest BCUT2D eigenvalue weighted by molar-refractivity contribution is -0.120. The van der Waals surface area contributed by atoms with Crippen LogP contribution in [0.5, 0.6) is 5.75 Å². The van der Waals surface area contributed by atoms with Gasteiger partial charge in [0.2, 0.25) is 0 Å². The Morgan fingerprint density at radius 3 is 2.87 bits per heavy atom. The van der Waals surface area contributed by atoms with Gasteiger partial charge in [0.15, 0.2) is 0 Å². The normalized spacial score (nSPS) is 23.5. The van der Waals surface area contributed by atoms with Crippen molar-refractivity contribution >= 4 is 23.5 Å². The number of hydrogen-bond acceptors (Lipinski definition) is 6. The fraction of sp³-hybridized carbons (Fsp3) is 0.409. The number of ether oxygens (including phenoxy) is 2. The zero-order valence-corrected chi connectivity index (χ0v) is 17.4. The predicted octanol–water partition coefficient (Wildman–Crippen LogP) is 1.89. The van der Waals surface area contributed by atoms with E-state index in [0.29, 0.717) is 30.6 Å². The number of carbonyl (C=O) groups excluding carboxylic acids is 2. The molecule has 0 saturated carbocycles. The smallest absolute Gasteiger partial charge is 0.339 e. The molecule has 9 heteroatoms. The molecule has 3 amide bonds. The molecule has 9 nitrogen and oxygen atoms in total. The van der Waals surface area contributed by atoms with Crippen LogP contribution in [0, 0.1) is 5.92 Å². The van der Waals surface area contributed by atoms with E-state index in [2.05, 4.69) is 10.3 Å². The fourth-order valence-corrected chi connectivity index (χ4v) is 4.33. The molecule has 5 rings (SSSR count). The zero-order chi connectivity index (χ0) is 21.4. The van der Waals surface area contributed by atoms with Crippen LogP contribution in [0.25, 0.3) is 0 Å². The second kappa shape index (κ2) is 8.07. The molecule has 1 N–H and O–H groups in total. The van der Waals surface area contributed by atoms with Gasteiger partial charge in [0, 0.05) is 31.9 Å². The number of nitrogens with zero attached hydrogens (tertiary/aromatic N) is 4. The maximum Gasteiger partial charge on any atom is 0.339 e. The Morgan fingerprint density at radius 2 is 2.03 bits per heavy atom.